The van der Waals surface area contributed by atoms with Crippen molar-refractivity contribution >= 4 is 5.91 Å². The molecule has 0 spiro atoms. The van der Waals surface area contributed by atoms with Crippen LogP contribution in [0.4, 0.5) is 0 Å². The van der Waals surface area contributed by atoms with Gasteiger partial charge in [0.25, 0.3) is 0 Å². The van der Waals surface area contributed by atoms with Gasteiger partial charge in [-0.05, 0) is 66.8 Å². The summed E-state index contributed by atoms with van der Waals surface area (Å²) in [6.07, 6.45) is 8.68. The Morgan fingerprint density at radius 3 is 2.57 bits per heavy atom. The Morgan fingerprint density at radius 1 is 0.967 bits per heavy atom. The summed E-state index contributed by atoms with van der Waals surface area (Å²) in [5.74, 6) is 0.711. The Hall–Kier alpha value is -3.25. The third-order valence-corrected chi connectivity index (χ3v) is 4.71. The fourth-order valence-electron chi connectivity index (χ4n) is 3.20. The number of ether oxygens (including phenoxy) is 1. The summed E-state index contributed by atoms with van der Waals surface area (Å²) in [7, 11) is 0. The fraction of sp³-hybridized carbons (Fsp3) is 0.292. The van der Waals surface area contributed by atoms with Gasteiger partial charge in [0.05, 0.1) is 6.61 Å². The maximum atomic E-state index is 13.0. The van der Waals surface area contributed by atoms with Crippen LogP contribution in [0.5, 0.6) is 5.75 Å². The molecule has 6 nitrogen and oxygen atoms in total. The maximum absolute atomic E-state index is 13.0. The van der Waals surface area contributed by atoms with Gasteiger partial charge in [0, 0.05) is 37.9 Å². The number of pyridine rings is 2. The molecule has 1 amide bonds. The van der Waals surface area contributed by atoms with Gasteiger partial charge in [-0.2, -0.15) is 0 Å². The van der Waals surface area contributed by atoms with Crippen LogP contribution in [0.2, 0.25) is 0 Å². The van der Waals surface area contributed by atoms with Gasteiger partial charge in [0.15, 0.2) is 0 Å². The Kier molecular flexibility index (Phi) is 8.35. The zero-order chi connectivity index (χ0) is 21.0. The lowest BCUT2D eigenvalue weighted by Gasteiger charge is -2.20. The molecule has 156 valence electrons. The molecule has 6 heteroatoms. The van der Waals surface area contributed by atoms with Crippen molar-refractivity contribution in [3.63, 3.8) is 0 Å². The van der Waals surface area contributed by atoms with E-state index >= 15 is 0 Å². The highest BCUT2D eigenvalue weighted by molar-refractivity contribution is 5.83. The smallest absolute Gasteiger partial charge is 0.241 e. The lowest BCUT2D eigenvalue weighted by Crippen LogP contribution is -2.39. The predicted octanol–water partition coefficient (Wildman–Crippen LogP) is 3.11. The van der Waals surface area contributed by atoms with Crippen molar-refractivity contribution < 1.29 is 9.53 Å². The largest absolute Gasteiger partial charge is 0.494 e. The van der Waals surface area contributed by atoms with Gasteiger partial charge in [-0.3, -0.25) is 14.8 Å². The Morgan fingerprint density at radius 2 is 1.80 bits per heavy atom. The predicted molar refractivity (Wildman–Crippen MR) is 117 cm³/mol. The van der Waals surface area contributed by atoms with Crippen LogP contribution in [0.3, 0.4) is 0 Å². The first-order valence-corrected chi connectivity index (χ1v) is 10.3. The number of benzene rings is 1. The average Bonchev–Trinajstić information content (AvgIpc) is 2.78. The van der Waals surface area contributed by atoms with Crippen LogP contribution in [0.25, 0.3) is 0 Å². The molecule has 0 radical (unpaired) electrons. The number of rotatable bonds is 11. The second-order valence-corrected chi connectivity index (χ2v) is 6.90. The van der Waals surface area contributed by atoms with Gasteiger partial charge in [-0.1, -0.05) is 18.2 Å². The van der Waals surface area contributed by atoms with E-state index in [0.717, 1.165) is 35.3 Å². The number of amides is 1. The Bertz CT molecular complexity index is 903. The summed E-state index contributed by atoms with van der Waals surface area (Å²) in [4.78, 5) is 21.2. The van der Waals surface area contributed by atoms with Crippen molar-refractivity contribution in [1.29, 1.82) is 0 Å². The van der Waals surface area contributed by atoms with Gasteiger partial charge in [0.1, 0.15) is 11.8 Å². The van der Waals surface area contributed by atoms with E-state index in [9.17, 15) is 4.79 Å². The highest BCUT2D eigenvalue weighted by Gasteiger charge is 2.20. The van der Waals surface area contributed by atoms with Gasteiger partial charge in [0.2, 0.25) is 5.91 Å². The molecule has 1 aromatic carbocycles. The average molecular weight is 405 g/mol. The zero-order valence-electron chi connectivity index (χ0n) is 17.3. The molecule has 1 unspecified atom stereocenters. The molecule has 3 rings (SSSR count). The molecule has 0 aliphatic carbocycles. The summed E-state index contributed by atoms with van der Waals surface area (Å²) in [6.45, 7) is 3.75. The van der Waals surface area contributed by atoms with Gasteiger partial charge in [-0.25, -0.2) is 0 Å². The number of carbonyl (C=O) groups excluding carboxylic acids is 1. The molecule has 2 aromatic heterocycles. The first kappa shape index (κ1) is 21.5. The molecule has 1 atom stereocenters. The molecule has 0 saturated heterocycles. The SMILES string of the molecule is CCOc1cccc(C(NCCc2cccnc2)C(=O)NCCc2ccncc2)c1. The molecular formula is C24H28N4O2. The van der Waals surface area contributed by atoms with E-state index in [4.69, 9.17) is 4.74 Å². The molecular weight excluding hydrogens is 376 g/mol. The first-order chi connectivity index (χ1) is 14.8. The van der Waals surface area contributed by atoms with E-state index in [1.807, 2.05) is 61.7 Å². The molecule has 3 aromatic rings. The standard InChI is InChI=1S/C24H28N4O2/c1-2-30-22-7-3-6-21(17-22)23(27-15-11-20-5-4-12-26-18-20)24(29)28-16-10-19-8-13-25-14-9-19/h3-9,12-14,17-18,23,27H,2,10-11,15-16H2,1H3,(H,28,29). The molecule has 0 bridgehead atoms. The number of hydrogen-bond acceptors (Lipinski definition) is 5. The van der Waals surface area contributed by atoms with Crippen LogP contribution in [0.15, 0.2) is 73.3 Å². The zero-order valence-corrected chi connectivity index (χ0v) is 17.3. The lowest BCUT2D eigenvalue weighted by molar-refractivity contribution is -0.123. The number of nitrogens with zero attached hydrogens (tertiary/aromatic N) is 2. The molecule has 0 aliphatic heterocycles. The second kappa shape index (κ2) is 11.7. The number of aromatic nitrogens is 2. The molecule has 0 aliphatic rings. The highest BCUT2D eigenvalue weighted by Crippen LogP contribution is 2.20. The monoisotopic (exact) mass is 404 g/mol. The van der Waals surface area contributed by atoms with Crippen molar-refractivity contribution in [2.75, 3.05) is 19.7 Å². The van der Waals surface area contributed by atoms with E-state index in [-0.39, 0.29) is 5.91 Å². The van der Waals surface area contributed by atoms with E-state index in [1.54, 1.807) is 18.6 Å². The van der Waals surface area contributed by atoms with Crippen LogP contribution in [0.1, 0.15) is 29.7 Å². The van der Waals surface area contributed by atoms with Crippen molar-refractivity contribution in [3.8, 4) is 5.75 Å². The second-order valence-electron chi connectivity index (χ2n) is 6.90. The maximum Gasteiger partial charge on any atom is 0.241 e. The molecule has 2 heterocycles. The van der Waals surface area contributed by atoms with Gasteiger partial charge in [-0.15, -0.1) is 0 Å². The van der Waals surface area contributed by atoms with Gasteiger partial charge >= 0.3 is 0 Å². The van der Waals surface area contributed by atoms with E-state index in [1.165, 1.54) is 0 Å². The molecule has 30 heavy (non-hydrogen) atoms. The Balaban J connectivity index is 1.64. The van der Waals surface area contributed by atoms with Crippen molar-refractivity contribution in [2.24, 2.45) is 0 Å². The van der Waals surface area contributed by atoms with Crippen LogP contribution in [-0.4, -0.2) is 35.6 Å². The van der Waals surface area contributed by atoms with Crippen LogP contribution >= 0.6 is 0 Å². The number of carbonyl (C=O) groups is 1. The molecule has 2 N–H and O–H groups in total. The van der Waals surface area contributed by atoms with E-state index in [2.05, 4.69) is 20.6 Å². The molecule has 0 saturated carbocycles. The van der Waals surface area contributed by atoms with Crippen molar-refractivity contribution in [2.45, 2.75) is 25.8 Å². The van der Waals surface area contributed by atoms with E-state index < -0.39 is 6.04 Å². The summed E-state index contributed by atoms with van der Waals surface area (Å²) in [5, 5.41) is 6.45. The van der Waals surface area contributed by atoms with Crippen molar-refractivity contribution in [3.05, 3.63) is 90.0 Å². The number of hydrogen-bond donors (Lipinski definition) is 2. The van der Waals surface area contributed by atoms with Crippen molar-refractivity contribution in [1.82, 2.24) is 20.6 Å². The normalized spacial score (nSPS) is 11.6. The quantitative estimate of drug-likeness (QED) is 0.514. The highest BCUT2D eigenvalue weighted by atomic mass is 16.5. The van der Waals surface area contributed by atoms with Gasteiger partial charge < -0.3 is 15.4 Å². The molecule has 0 fully saturated rings. The first-order valence-electron chi connectivity index (χ1n) is 10.3. The lowest BCUT2D eigenvalue weighted by atomic mass is 10.0. The fourth-order valence-corrected chi connectivity index (χ4v) is 3.20. The number of nitrogens with one attached hydrogen (secondary N) is 2. The minimum absolute atomic E-state index is 0.0520. The third kappa shape index (κ3) is 6.67. The van der Waals surface area contributed by atoms with Crippen LogP contribution in [0, 0.1) is 0 Å². The summed E-state index contributed by atoms with van der Waals surface area (Å²) in [6, 6.07) is 15.1. The van der Waals surface area contributed by atoms with E-state index in [0.29, 0.717) is 19.7 Å². The minimum atomic E-state index is -0.459. The Labute approximate surface area is 177 Å². The van der Waals surface area contributed by atoms with Crippen LogP contribution < -0.4 is 15.4 Å². The topological polar surface area (TPSA) is 76.1 Å². The summed E-state index contributed by atoms with van der Waals surface area (Å²) in [5.41, 5.74) is 3.16. The third-order valence-electron chi connectivity index (χ3n) is 4.71. The minimum Gasteiger partial charge on any atom is -0.494 e. The van der Waals surface area contributed by atoms with Crippen LogP contribution in [-0.2, 0) is 17.6 Å². The summed E-state index contributed by atoms with van der Waals surface area (Å²) >= 11 is 0. The summed E-state index contributed by atoms with van der Waals surface area (Å²) < 4.78 is 5.62.